The van der Waals surface area contributed by atoms with Crippen LogP contribution in [0.2, 0.25) is 0 Å². The van der Waals surface area contributed by atoms with Crippen molar-refractivity contribution in [3.05, 3.63) is 54.6 Å². The third-order valence-corrected chi connectivity index (χ3v) is 3.88. The van der Waals surface area contributed by atoms with E-state index in [4.69, 9.17) is 18.9 Å². The Hall–Kier alpha value is -4.01. The molecular weight excluding hydrogens is 404 g/mol. The summed E-state index contributed by atoms with van der Waals surface area (Å²) in [4.78, 5) is 35.8. The summed E-state index contributed by atoms with van der Waals surface area (Å²) in [6.45, 7) is 4.70. The number of ether oxygens (including phenoxy) is 4. The number of methoxy groups -OCH3 is 2. The van der Waals surface area contributed by atoms with Crippen LogP contribution in [0.1, 0.15) is 17.3 Å². The largest absolute Gasteiger partial charge is 0.495 e. The first-order valence-electron chi connectivity index (χ1n) is 9.22. The second-order valence-corrected chi connectivity index (χ2v) is 6.19. The number of carbonyl (C=O) groups excluding carboxylic acids is 3. The lowest BCUT2D eigenvalue weighted by molar-refractivity contribution is -0.119. The number of nitrogens with one attached hydrogen (secondary N) is 2. The molecule has 0 bridgehead atoms. The van der Waals surface area contributed by atoms with Gasteiger partial charge in [0.05, 0.1) is 25.5 Å². The van der Waals surface area contributed by atoms with E-state index in [-0.39, 0.29) is 18.1 Å². The summed E-state index contributed by atoms with van der Waals surface area (Å²) in [6.07, 6.45) is 1.58. The van der Waals surface area contributed by atoms with Gasteiger partial charge in [0.15, 0.2) is 18.1 Å². The zero-order valence-electron chi connectivity index (χ0n) is 17.5. The van der Waals surface area contributed by atoms with Crippen LogP contribution in [0.25, 0.3) is 0 Å². The monoisotopic (exact) mass is 428 g/mol. The van der Waals surface area contributed by atoms with Gasteiger partial charge in [0, 0.05) is 12.6 Å². The summed E-state index contributed by atoms with van der Waals surface area (Å²) in [5.74, 6) is -0.364. The Morgan fingerprint density at radius 1 is 0.968 bits per heavy atom. The van der Waals surface area contributed by atoms with Crippen molar-refractivity contribution in [1.29, 1.82) is 0 Å². The van der Waals surface area contributed by atoms with Gasteiger partial charge < -0.3 is 29.6 Å². The first-order chi connectivity index (χ1) is 14.9. The predicted octanol–water partition coefficient (Wildman–Crippen LogP) is 3.02. The third-order valence-electron chi connectivity index (χ3n) is 3.88. The van der Waals surface area contributed by atoms with Crippen LogP contribution in [-0.4, -0.2) is 45.2 Å². The second kappa shape index (κ2) is 11.2. The van der Waals surface area contributed by atoms with Crippen molar-refractivity contribution in [3.8, 4) is 17.2 Å². The molecule has 0 fully saturated rings. The SMILES string of the molecule is C=CCOc1ccc(C(=O)OCC(=O)Nc2cc(NC(C)=O)ccc2OC)cc1OC. The molecule has 0 aromatic heterocycles. The van der Waals surface area contributed by atoms with E-state index in [1.165, 1.54) is 39.3 Å². The van der Waals surface area contributed by atoms with Crippen LogP contribution in [0.15, 0.2) is 49.1 Å². The highest BCUT2D eigenvalue weighted by atomic mass is 16.5. The van der Waals surface area contributed by atoms with Gasteiger partial charge in [-0.05, 0) is 36.4 Å². The fourth-order valence-corrected chi connectivity index (χ4v) is 2.55. The van der Waals surface area contributed by atoms with Crippen LogP contribution in [0.3, 0.4) is 0 Å². The molecule has 0 aliphatic rings. The summed E-state index contributed by atoms with van der Waals surface area (Å²) >= 11 is 0. The number of benzene rings is 2. The molecule has 0 saturated carbocycles. The number of anilines is 2. The molecule has 9 heteroatoms. The van der Waals surface area contributed by atoms with Crippen molar-refractivity contribution in [2.24, 2.45) is 0 Å². The third kappa shape index (κ3) is 6.77. The minimum atomic E-state index is -0.706. The minimum absolute atomic E-state index is 0.195. The maximum Gasteiger partial charge on any atom is 0.338 e. The van der Waals surface area contributed by atoms with Gasteiger partial charge in [-0.25, -0.2) is 4.79 Å². The summed E-state index contributed by atoms with van der Waals surface area (Å²) in [6, 6.07) is 9.28. The molecule has 0 heterocycles. The van der Waals surface area contributed by atoms with Crippen LogP contribution in [0.4, 0.5) is 11.4 Å². The van der Waals surface area contributed by atoms with Crippen molar-refractivity contribution < 1.29 is 33.3 Å². The van der Waals surface area contributed by atoms with E-state index in [1.807, 2.05) is 0 Å². The first-order valence-corrected chi connectivity index (χ1v) is 9.22. The fourth-order valence-electron chi connectivity index (χ4n) is 2.55. The van der Waals surface area contributed by atoms with Crippen LogP contribution in [0, 0.1) is 0 Å². The van der Waals surface area contributed by atoms with Gasteiger partial charge in [0.25, 0.3) is 5.91 Å². The topological polar surface area (TPSA) is 112 Å². The molecule has 0 atom stereocenters. The van der Waals surface area contributed by atoms with E-state index in [9.17, 15) is 14.4 Å². The van der Waals surface area contributed by atoms with Crippen LogP contribution in [-0.2, 0) is 14.3 Å². The molecular formula is C22H24N2O7. The highest BCUT2D eigenvalue weighted by molar-refractivity contribution is 5.97. The first kappa shape index (κ1) is 23.3. The molecule has 164 valence electrons. The molecule has 2 N–H and O–H groups in total. The molecule has 0 spiro atoms. The second-order valence-electron chi connectivity index (χ2n) is 6.19. The lowest BCUT2D eigenvalue weighted by atomic mass is 10.2. The van der Waals surface area contributed by atoms with E-state index >= 15 is 0 Å². The van der Waals surface area contributed by atoms with E-state index in [0.717, 1.165) is 0 Å². The molecule has 0 aliphatic heterocycles. The van der Waals surface area contributed by atoms with Gasteiger partial charge in [-0.3, -0.25) is 9.59 Å². The average Bonchev–Trinajstić information content (AvgIpc) is 2.75. The highest BCUT2D eigenvalue weighted by Crippen LogP contribution is 2.29. The summed E-state index contributed by atoms with van der Waals surface area (Å²) in [5.41, 5.74) is 0.993. The van der Waals surface area contributed by atoms with Crippen LogP contribution < -0.4 is 24.8 Å². The van der Waals surface area contributed by atoms with Crippen molar-refractivity contribution in [1.82, 2.24) is 0 Å². The molecule has 9 nitrogen and oxygen atoms in total. The van der Waals surface area contributed by atoms with Crippen LogP contribution >= 0.6 is 0 Å². The molecule has 0 saturated heterocycles. The Morgan fingerprint density at radius 3 is 2.32 bits per heavy atom. The molecule has 0 aliphatic carbocycles. The van der Waals surface area contributed by atoms with Crippen molar-refractivity contribution in [2.45, 2.75) is 6.92 Å². The fraction of sp³-hybridized carbons (Fsp3) is 0.227. The Morgan fingerprint density at radius 2 is 1.68 bits per heavy atom. The standard InChI is InChI=1S/C22H24N2O7/c1-5-10-30-19-8-6-15(11-20(19)29-4)22(27)31-13-21(26)24-17-12-16(23-14(2)25)7-9-18(17)28-3/h5-9,11-12H,1,10,13H2,2-4H3,(H,23,25)(H,24,26). The number of carbonyl (C=O) groups is 3. The van der Waals surface area contributed by atoms with Crippen molar-refractivity contribution in [2.75, 3.05) is 38.1 Å². The highest BCUT2D eigenvalue weighted by Gasteiger charge is 2.15. The van der Waals surface area contributed by atoms with E-state index < -0.39 is 18.5 Å². The molecule has 0 unspecified atom stereocenters. The van der Waals surface area contributed by atoms with Gasteiger partial charge in [-0.15, -0.1) is 0 Å². The van der Waals surface area contributed by atoms with Crippen molar-refractivity contribution in [3.63, 3.8) is 0 Å². The van der Waals surface area contributed by atoms with Gasteiger partial charge in [0.1, 0.15) is 12.4 Å². The molecule has 2 amide bonds. The van der Waals surface area contributed by atoms with Crippen molar-refractivity contribution >= 4 is 29.2 Å². The number of hydrogen-bond donors (Lipinski definition) is 2. The zero-order chi connectivity index (χ0) is 22.8. The summed E-state index contributed by atoms with van der Waals surface area (Å²) < 4.78 is 20.9. The lowest BCUT2D eigenvalue weighted by Gasteiger charge is -2.13. The Kier molecular flexibility index (Phi) is 8.44. The van der Waals surface area contributed by atoms with Gasteiger partial charge in [-0.1, -0.05) is 12.7 Å². The quantitative estimate of drug-likeness (QED) is 0.442. The molecule has 0 radical (unpaired) electrons. The Bertz CT molecular complexity index is 972. The predicted molar refractivity (Wildman–Crippen MR) is 115 cm³/mol. The average molecular weight is 428 g/mol. The number of esters is 1. The molecule has 2 rings (SSSR count). The number of amides is 2. The summed E-state index contributed by atoms with van der Waals surface area (Å²) in [5, 5.41) is 5.20. The van der Waals surface area contributed by atoms with Gasteiger partial charge in [-0.2, -0.15) is 0 Å². The minimum Gasteiger partial charge on any atom is -0.495 e. The number of hydrogen-bond acceptors (Lipinski definition) is 7. The van der Waals surface area contributed by atoms with Gasteiger partial charge >= 0.3 is 5.97 Å². The number of rotatable bonds is 10. The van der Waals surface area contributed by atoms with Crippen LogP contribution in [0.5, 0.6) is 17.2 Å². The van der Waals surface area contributed by atoms with E-state index in [2.05, 4.69) is 17.2 Å². The Balaban J connectivity index is 2.02. The zero-order valence-corrected chi connectivity index (χ0v) is 17.5. The molecule has 2 aromatic rings. The molecule has 31 heavy (non-hydrogen) atoms. The normalized spacial score (nSPS) is 9.90. The lowest BCUT2D eigenvalue weighted by Crippen LogP contribution is -2.21. The molecule has 2 aromatic carbocycles. The summed E-state index contributed by atoms with van der Waals surface area (Å²) in [7, 11) is 2.89. The smallest absolute Gasteiger partial charge is 0.338 e. The van der Waals surface area contributed by atoms with E-state index in [1.54, 1.807) is 24.3 Å². The maximum atomic E-state index is 12.3. The van der Waals surface area contributed by atoms with E-state index in [0.29, 0.717) is 28.6 Å². The maximum absolute atomic E-state index is 12.3. The Labute approximate surface area is 179 Å². The van der Waals surface area contributed by atoms with Gasteiger partial charge in [0.2, 0.25) is 5.91 Å².